The summed E-state index contributed by atoms with van der Waals surface area (Å²) in [6.07, 6.45) is 0.0150. The van der Waals surface area contributed by atoms with Gasteiger partial charge in [-0.05, 0) is 18.8 Å². The maximum absolute atomic E-state index is 12.5. The zero-order valence-electron chi connectivity index (χ0n) is 17.2. The van der Waals surface area contributed by atoms with Gasteiger partial charge in [0, 0.05) is 0 Å². The number of aliphatic hydroxyl groups is 1. The van der Waals surface area contributed by atoms with Crippen LogP contribution in [0.15, 0.2) is 0 Å². The lowest BCUT2D eigenvalue weighted by Gasteiger charge is -2.26. The maximum atomic E-state index is 12.5. The minimum atomic E-state index is -1.48. The monoisotopic (exact) mass is 402 g/mol. The molecule has 10 nitrogen and oxygen atoms in total. The van der Waals surface area contributed by atoms with Crippen molar-refractivity contribution in [1.82, 2.24) is 16.0 Å². The molecule has 162 valence electrons. The highest BCUT2D eigenvalue weighted by atomic mass is 16.4. The van der Waals surface area contributed by atoms with Gasteiger partial charge in [0.15, 0.2) is 6.04 Å². The summed E-state index contributed by atoms with van der Waals surface area (Å²) < 4.78 is 0. The SMILES string of the molecule is CCC(C)C(N)C(=O)NC(C(=O)NCC(=O)NC(C(=O)O)C(C)O)C(C)CC. The van der Waals surface area contributed by atoms with Gasteiger partial charge in [-0.2, -0.15) is 0 Å². The topological polar surface area (TPSA) is 171 Å². The Morgan fingerprint density at radius 2 is 1.43 bits per heavy atom. The molecule has 0 radical (unpaired) electrons. The van der Waals surface area contributed by atoms with Crippen molar-refractivity contribution >= 4 is 23.7 Å². The maximum Gasteiger partial charge on any atom is 0.328 e. The first-order valence-electron chi connectivity index (χ1n) is 9.49. The number of aliphatic hydroxyl groups excluding tert-OH is 1. The first kappa shape index (κ1) is 25.8. The average Bonchev–Trinajstić information content (AvgIpc) is 2.65. The van der Waals surface area contributed by atoms with E-state index in [0.29, 0.717) is 12.8 Å². The Morgan fingerprint density at radius 3 is 1.86 bits per heavy atom. The van der Waals surface area contributed by atoms with Crippen molar-refractivity contribution in [1.29, 1.82) is 0 Å². The van der Waals surface area contributed by atoms with E-state index in [0.717, 1.165) is 0 Å². The Hall–Kier alpha value is -2.20. The quantitative estimate of drug-likeness (QED) is 0.242. The summed E-state index contributed by atoms with van der Waals surface area (Å²) >= 11 is 0. The molecule has 0 heterocycles. The molecular weight excluding hydrogens is 368 g/mol. The third-order valence-corrected chi connectivity index (χ3v) is 4.84. The summed E-state index contributed by atoms with van der Waals surface area (Å²) in [6.45, 7) is 8.13. The molecule has 0 bridgehead atoms. The van der Waals surface area contributed by atoms with Crippen molar-refractivity contribution in [3.63, 3.8) is 0 Å². The fraction of sp³-hybridized carbons (Fsp3) is 0.778. The number of hydrogen-bond acceptors (Lipinski definition) is 6. The zero-order chi connectivity index (χ0) is 22.0. The second-order valence-electron chi connectivity index (χ2n) is 7.12. The van der Waals surface area contributed by atoms with Gasteiger partial charge in [0.2, 0.25) is 17.7 Å². The lowest BCUT2D eigenvalue weighted by molar-refractivity contribution is -0.144. The number of carbonyl (C=O) groups is 4. The van der Waals surface area contributed by atoms with Crippen LogP contribution in [0.5, 0.6) is 0 Å². The van der Waals surface area contributed by atoms with Gasteiger partial charge < -0.3 is 31.9 Å². The predicted molar refractivity (Wildman–Crippen MR) is 103 cm³/mol. The molecule has 0 aliphatic rings. The predicted octanol–water partition coefficient (Wildman–Crippen LogP) is -1.04. The van der Waals surface area contributed by atoms with Crippen molar-refractivity contribution < 1.29 is 29.4 Å². The standard InChI is InChI=1S/C18H34N4O6/c1-6-9(3)13(19)16(25)22-14(10(4)7-2)17(26)20-8-12(24)21-15(11(5)23)18(27)28/h9-11,13-15,23H,6-8,19H2,1-5H3,(H,20,26)(H,21,24)(H,22,25)(H,27,28). The van der Waals surface area contributed by atoms with Gasteiger partial charge in [0.1, 0.15) is 6.04 Å². The molecule has 3 amide bonds. The summed E-state index contributed by atoms with van der Waals surface area (Å²) in [5.41, 5.74) is 5.91. The van der Waals surface area contributed by atoms with E-state index in [4.69, 9.17) is 10.8 Å². The molecule has 0 saturated carbocycles. The van der Waals surface area contributed by atoms with E-state index < -0.39 is 54.5 Å². The number of hydrogen-bond donors (Lipinski definition) is 6. The van der Waals surface area contributed by atoms with Crippen LogP contribution in [0.4, 0.5) is 0 Å². The zero-order valence-corrected chi connectivity index (χ0v) is 17.2. The summed E-state index contributed by atoms with van der Waals surface area (Å²) in [5, 5.41) is 25.5. The number of nitrogens with two attached hydrogens (primary N) is 1. The lowest BCUT2D eigenvalue weighted by atomic mass is 9.95. The van der Waals surface area contributed by atoms with Crippen LogP contribution in [-0.4, -0.2) is 64.7 Å². The number of carboxylic acid groups (broad SMARTS) is 1. The van der Waals surface area contributed by atoms with Crippen LogP contribution in [0.3, 0.4) is 0 Å². The van der Waals surface area contributed by atoms with E-state index in [1.165, 1.54) is 6.92 Å². The van der Waals surface area contributed by atoms with Gasteiger partial charge in [0.25, 0.3) is 0 Å². The van der Waals surface area contributed by atoms with Crippen molar-refractivity contribution in [2.45, 2.75) is 71.7 Å². The van der Waals surface area contributed by atoms with Crippen LogP contribution in [-0.2, 0) is 19.2 Å². The van der Waals surface area contributed by atoms with Crippen molar-refractivity contribution in [3.8, 4) is 0 Å². The molecule has 0 saturated heterocycles. The van der Waals surface area contributed by atoms with Crippen LogP contribution >= 0.6 is 0 Å². The molecule has 0 aliphatic carbocycles. The van der Waals surface area contributed by atoms with E-state index >= 15 is 0 Å². The van der Waals surface area contributed by atoms with E-state index in [1.807, 2.05) is 20.8 Å². The molecule has 0 fully saturated rings. The molecular formula is C18H34N4O6. The fourth-order valence-corrected chi connectivity index (χ4v) is 2.35. The molecule has 28 heavy (non-hydrogen) atoms. The molecule has 0 spiro atoms. The molecule has 6 unspecified atom stereocenters. The lowest BCUT2D eigenvalue weighted by Crippen LogP contribution is -2.57. The Morgan fingerprint density at radius 1 is 0.893 bits per heavy atom. The Kier molecular flexibility index (Phi) is 11.3. The number of rotatable bonds is 12. The number of aliphatic carboxylic acids is 1. The second-order valence-corrected chi connectivity index (χ2v) is 7.12. The molecule has 0 rings (SSSR count). The first-order valence-corrected chi connectivity index (χ1v) is 9.49. The van der Waals surface area contributed by atoms with Crippen LogP contribution in [0.1, 0.15) is 47.5 Å². The smallest absolute Gasteiger partial charge is 0.328 e. The fourth-order valence-electron chi connectivity index (χ4n) is 2.35. The van der Waals surface area contributed by atoms with Crippen molar-refractivity contribution in [2.24, 2.45) is 17.6 Å². The highest BCUT2D eigenvalue weighted by Crippen LogP contribution is 2.10. The molecule has 7 N–H and O–H groups in total. The van der Waals surface area contributed by atoms with Gasteiger partial charge in [-0.15, -0.1) is 0 Å². The number of carbonyl (C=O) groups excluding carboxylic acids is 3. The summed E-state index contributed by atoms with van der Waals surface area (Å²) in [6, 6.07) is -3.12. The van der Waals surface area contributed by atoms with Crippen LogP contribution in [0.25, 0.3) is 0 Å². The van der Waals surface area contributed by atoms with Crippen LogP contribution < -0.4 is 21.7 Å². The van der Waals surface area contributed by atoms with E-state index in [-0.39, 0.29) is 11.8 Å². The second kappa shape index (κ2) is 12.3. The molecule has 0 aromatic carbocycles. The third-order valence-electron chi connectivity index (χ3n) is 4.84. The third kappa shape index (κ3) is 8.22. The molecule has 0 aromatic heterocycles. The van der Waals surface area contributed by atoms with E-state index in [9.17, 15) is 24.3 Å². The van der Waals surface area contributed by atoms with E-state index in [2.05, 4.69) is 16.0 Å². The Balaban J connectivity index is 4.93. The van der Waals surface area contributed by atoms with E-state index in [1.54, 1.807) is 6.92 Å². The minimum Gasteiger partial charge on any atom is -0.480 e. The highest BCUT2D eigenvalue weighted by molar-refractivity contribution is 5.92. The van der Waals surface area contributed by atoms with Gasteiger partial charge in [0.05, 0.1) is 18.7 Å². The van der Waals surface area contributed by atoms with Crippen molar-refractivity contribution in [3.05, 3.63) is 0 Å². The number of nitrogens with one attached hydrogen (secondary N) is 3. The summed E-state index contributed by atoms with van der Waals surface area (Å²) in [7, 11) is 0. The summed E-state index contributed by atoms with van der Waals surface area (Å²) in [4.78, 5) is 47.7. The number of carboxylic acids is 1. The first-order chi connectivity index (χ1) is 13.0. The normalized spacial score (nSPS) is 17.4. The molecule has 6 atom stereocenters. The van der Waals surface area contributed by atoms with Gasteiger partial charge in [-0.1, -0.05) is 40.5 Å². The average molecular weight is 402 g/mol. The largest absolute Gasteiger partial charge is 0.480 e. The molecule has 0 aliphatic heterocycles. The highest BCUT2D eigenvalue weighted by Gasteiger charge is 2.30. The van der Waals surface area contributed by atoms with Crippen molar-refractivity contribution in [2.75, 3.05) is 6.54 Å². The van der Waals surface area contributed by atoms with Gasteiger partial charge in [-0.25, -0.2) is 4.79 Å². The number of amides is 3. The Labute approximate surface area is 165 Å². The molecule has 0 aromatic rings. The van der Waals surface area contributed by atoms with Crippen LogP contribution in [0, 0.1) is 11.8 Å². The summed E-state index contributed by atoms with van der Waals surface area (Å²) in [5.74, 6) is -3.44. The molecule has 10 heteroatoms. The Bertz CT molecular complexity index is 554. The minimum absolute atomic E-state index is 0.0557. The van der Waals surface area contributed by atoms with Gasteiger partial charge >= 0.3 is 5.97 Å². The van der Waals surface area contributed by atoms with Crippen LogP contribution in [0.2, 0.25) is 0 Å². The van der Waals surface area contributed by atoms with Gasteiger partial charge in [-0.3, -0.25) is 14.4 Å².